The van der Waals surface area contributed by atoms with Gasteiger partial charge in [-0.3, -0.25) is 0 Å². The average Bonchev–Trinajstić information content (AvgIpc) is 2.54. The predicted molar refractivity (Wildman–Crippen MR) is 54.5 cm³/mol. The standard InChI is InChI=1S/C10H10O2S/c1-2-7-9(12)8(11)5-6-3-4-13-10(6)7/h3-5,11-12H,2H2,1H3. The van der Waals surface area contributed by atoms with Gasteiger partial charge in [0.15, 0.2) is 11.5 Å². The lowest BCUT2D eigenvalue weighted by Crippen LogP contribution is -1.82. The third kappa shape index (κ3) is 1.16. The van der Waals surface area contributed by atoms with Crippen molar-refractivity contribution in [2.45, 2.75) is 13.3 Å². The summed E-state index contributed by atoms with van der Waals surface area (Å²) in [5.41, 5.74) is 0.838. The number of hydrogen-bond donors (Lipinski definition) is 2. The van der Waals surface area contributed by atoms with Gasteiger partial charge in [-0.1, -0.05) is 6.92 Å². The SMILES string of the molecule is CCc1c(O)c(O)cc2ccsc12. The first-order valence-electron chi connectivity index (χ1n) is 4.15. The normalized spacial score (nSPS) is 10.8. The Morgan fingerprint density at radius 1 is 1.38 bits per heavy atom. The van der Waals surface area contributed by atoms with Gasteiger partial charge in [0, 0.05) is 10.3 Å². The number of benzene rings is 1. The van der Waals surface area contributed by atoms with Crippen LogP contribution < -0.4 is 0 Å². The van der Waals surface area contributed by atoms with Crippen LogP contribution in [0.3, 0.4) is 0 Å². The fourth-order valence-electron chi connectivity index (χ4n) is 1.48. The first-order valence-corrected chi connectivity index (χ1v) is 5.03. The van der Waals surface area contributed by atoms with Gasteiger partial charge in [-0.15, -0.1) is 11.3 Å². The minimum absolute atomic E-state index is 0.0252. The van der Waals surface area contributed by atoms with Gasteiger partial charge in [0.05, 0.1) is 0 Å². The zero-order valence-electron chi connectivity index (χ0n) is 7.24. The molecule has 1 aromatic heterocycles. The molecule has 0 fully saturated rings. The molecule has 0 spiro atoms. The van der Waals surface area contributed by atoms with Crippen LogP contribution in [0.25, 0.3) is 10.1 Å². The van der Waals surface area contributed by atoms with E-state index in [0.29, 0.717) is 0 Å². The van der Waals surface area contributed by atoms with Gasteiger partial charge >= 0.3 is 0 Å². The highest BCUT2D eigenvalue weighted by Crippen LogP contribution is 2.38. The van der Waals surface area contributed by atoms with Crippen molar-refractivity contribution in [2.75, 3.05) is 0 Å². The zero-order valence-corrected chi connectivity index (χ0v) is 8.06. The van der Waals surface area contributed by atoms with Crippen LogP contribution in [0.5, 0.6) is 11.5 Å². The topological polar surface area (TPSA) is 40.5 Å². The third-order valence-electron chi connectivity index (χ3n) is 2.14. The molecule has 0 unspecified atom stereocenters. The number of fused-ring (bicyclic) bond motifs is 1. The lowest BCUT2D eigenvalue weighted by atomic mass is 10.1. The van der Waals surface area contributed by atoms with Crippen molar-refractivity contribution in [3.8, 4) is 11.5 Å². The maximum atomic E-state index is 9.57. The van der Waals surface area contributed by atoms with Gasteiger partial charge in [-0.05, 0) is 29.3 Å². The molecule has 13 heavy (non-hydrogen) atoms. The number of thiophene rings is 1. The molecule has 2 nitrogen and oxygen atoms in total. The van der Waals surface area contributed by atoms with Crippen molar-refractivity contribution in [3.63, 3.8) is 0 Å². The minimum Gasteiger partial charge on any atom is -0.504 e. The van der Waals surface area contributed by atoms with Crippen molar-refractivity contribution in [1.82, 2.24) is 0 Å². The molecule has 2 rings (SSSR count). The smallest absolute Gasteiger partial charge is 0.162 e. The van der Waals surface area contributed by atoms with Crippen molar-refractivity contribution in [1.29, 1.82) is 0 Å². The second-order valence-electron chi connectivity index (χ2n) is 2.92. The van der Waals surface area contributed by atoms with Gasteiger partial charge in [-0.2, -0.15) is 0 Å². The minimum atomic E-state index is -0.0252. The molecule has 2 aromatic rings. The van der Waals surface area contributed by atoms with Gasteiger partial charge in [-0.25, -0.2) is 0 Å². The fourth-order valence-corrected chi connectivity index (χ4v) is 2.48. The number of hydrogen-bond acceptors (Lipinski definition) is 3. The first-order chi connectivity index (χ1) is 6.24. The molecule has 0 saturated heterocycles. The second-order valence-corrected chi connectivity index (χ2v) is 3.83. The maximum absolute atomic E-state index is 9.57. The van der Waals surface area contributed by atoms with E-state index in [1.165, 1.54) is 0 Å². The maximum Gasteiger partial charge on any atom is 0.162 e. The Kier molecular flexibility index (Phi) is 1.88. The van der Waals surface area contributed by atoms with Crippen LogP contribution in [0, 0.1) is 0 Å². The summed E-state index contributed by atoms with van der Waals surface area (Å²) in [4.78, 5) is 0. The Hall–Kier alpha value is -1.22. The molecule has 0 atom stereocenters. The summed E-state index contributed by atoms with van der Waals surface area (Å²) >= 11 is 1.59. The first kappa shape index (κ1) is 8.38. The molecule has 0 aliphatic carbocycles. The Morgan fingerprint density at radius 3 is 2.85 bits per heavy atom. The van der Waals surface area contributed by atoms with Crippen LogP contribution in [0.4, 0.5) is 0 Å². The summed E-state index contributed by atoms with van der Waals surface area (Å²) < 4.78 is 1.07. The molecule has 0 saturated carbocycles. The van der Waals surface area contributed by atoms with E-state index in [-0.39, 0.29) is 11.5 Å². The summed E-state index contributed by atoms with van der Waals surface area (Å²) in [5.74, 6) is 0.000185. The van der Waals surface area contributed by atoms with E-state index in [1.807, 2.05) is 18.4 Å². The molecule has 0 aliphatic rings. The molecule has 1 heterocycles. The van der Waals surface area contributed by atoms with Gasteiger partial charge < -0.3 is 10.2 Å². The quantitative estimate of drug-likeness (QED) is 0.685. The average molecular weight is 194 g/mol. The van der Waals surface area contributed by atoms with E-state index >= 15 is 0 Å². The molecule has 3 heteroatoms. The highest BCUT2D eigenvalue weighted by atomic mass is 32.1. The van der Waals surface area contributed by atoms with Crippen LogP contribution in [-0.2, 0) is 6.42 Å². The zero-order chi connectivity index (χ0) is 9.42. The van der Waals surface area contributed by atoms with Crippen molar-refractivity contribution < 1.29 is 10.2 Å². The van der Waals surface area contributed by atoms with E-state index < -0.39 is 0 Å². The summed E-state index contributed by atoms with van der Waals surface area (Å²) in [6.07, 6.45) is 0.733. The van der Waals surface area contributed by atoms with Gasteiger partial charge in [0.2, 0.25) is 0 Å². The number of rotatable bonds is 1. The van der Waals surface area contributed by atoms with E-state index in [2.05, 4.69) is 0 Å². The molecule has 0 amide bonds. The van der Waals surface area contributed by atoms with E-state index in [1.54, 1.807) is 17.4 Å². The summed E-state index contributed by atoms with van der Waals surface area (Å²) in [6, 6.07) is 3.54. The number of aromatic hydroxyl groups is 2. The molecular formula is C10H10O2S. The lowest BCUT2D eigenvalue weighted by molar-refractivity contribution is 0.401. The van der Waals surface area contributed by atoms with Crippen LogP contribution >= 0.6 is 11.3 Å². The molecule has 0 aliphatic heterocycles. The van der Waals surface area contributed by atoms with E-state index in [4.69, 9.17) is 0 Å². The second kappa shape index (κ2) is 2.92. The molecule has 68 valence electrons. The summed E-state index contributed by atoms with van der Waals surface area (Å²) in [6.45, 7) is 1.97. The van der Waals surface area contributed by atoms with Gasteiger partial charge in [0.1, 0.15) is 0 Å². The summed E-state index contributed by atoms with van der Waals surface area (Å²) in [5, 5.41) is 21.9. The molecule has 1 aromatic carbocycles. The highest BCUT2D eigenvalue weighted by molar-refractivity contribution is 7.17. The molecular weight excluding hydrogens is 184 g/mol. The number of aryl methyl sites for hydroxylation is 1. The van der Waals surface area contributed by atoms with Gasteiger partial charge in [0.25, 0.3) is 0 Å². The van der Waals surface area contributed by atoms with Crippen LogP contribution in [0.1, 0.15) is 12.5 Å². The lowest BCUT2D eigenvalue weighted by Gasteiger charge is -2.04. The predicted octanol–water partition coefficient (Wildman–Crippen LogP) is 2.87. The van der Waals surface area contributed by atoms with Crippen molar-refractivity contribution >= 4 is 21.4 Å². The van der Waals surface area contributed by atoms with Crippen LogP contribution in [0.2, 0.25) is 0 Å². The molecule has 0 bridgehead atoms. The molecule has 0 radical (unpaired) electrons. The number of phenolic OH excluding ortho intramolecular Hbond substituents is 2. The van der Waals surface area contributed by atoms with Crippen LogP contribution in [0.15, 0.2) is 17.5 Å². The van der Waals surface area contributed by atoms with E-state index in [0.717, 1.165) is 22.1 Å². The Labute approximate surface area is 80.1 Å². The van der Waals surface area contributed by atoms with Crippen LogP contribution in [-0.4, -0.2) is 10.2 Å². The third-order valence-corrected chi connectivity index (χ3v) is 3.13. The Bertz CT molecular complexity index is 445. The monoisotopic (exact) mass is 194 g/mol. The largest absolute Gasteiger partial charge is 0.504 e. The Balaban J connectivity index is 2.87. The summed E-state index contributed by atoms with van der Waals surface area (Å²) in [7, 11) is 0. The molecule has 2 N–H and O–H groups in total. The fraction of sp³-hybridized carbons (Fsp3) is 0.200. The van der Waals surface area contributed by atoms with Crippen molar-refractivity contribution in [2.24, 2.45) is 0 Å². The van der Waals surface area contributed by atoms with E-state index in [9.17, 15) is 10.2 Å². The van der Waals surface area contributed by atoms with Crippen molar-refractivity contribution in [3.05, 3.63) is 23.1 Å². The Morgan fingerprint density at radius 2 is 2.15 bits per heavy atom. The highest BCUT2D eigenvalue weighted by Gasteiger charge is 2.10. The number of phenols is 2.